The van der Waals surface area contributed by atoms with Crippen LogP contribution in [0.2, 0.25) is 5.02 Å². The Morgan fingerprint density at radius 1 is 1.03 bits per heavy atom. The number of carbonyl (C=O) groups excluding carboxylic acids is 2. The second kappa shape index (κ2) is 9.16. The Labute approximate surface area is 200 Å². The van der Waals surface area contributed by atoms with Gasteiger partial charge in [-0.05, 0) is 59.8 Å². The van der Waals surface area contributed by atoms with Crippen molar-refractivity contribution in [1.82, 2.24) is 4.90 Å². The molecule has 1 aliphatic heterocycles. The molecule has 2 amide bonds. The van der Waals surface area contributed by atoms with Gasteiger partial charge in [-0.3, -0.25) is 14.5 Å². The Balaban J connectivity index is 1.59. The van der Waals surface area contributed by atoms with Crippen molar-refractivity contribution in [3.63, 3.8) is 0 Å². The Morgan fingerprint density at radius 2 is 1.71 bits per heavy atom. The first kappa shape index (κ1) is 23.3. The zero-order chi connectivity index (χ0) is 24.6. The summed E-state index contributed by atoms with van der Waals surface area (Å²) in [5.74, 6) is -3.36. The van der Waals surface area contributed by atoms with E-state index in [-0.39, 0.29) is 44.7 Å². The first-order chi connectivity index (χ1) is 16.1. The Bertz CT molecular complexity index is 1370. The number of carboxylic acids is 2. The molecule has 34 heavy (non-hydrogen) atoms. The van der Waals surface area contributed by atoms with E-state index in [4.69, 9.17) is 16.0 Å². The average Bonchev–Trinajstić information content (AvgIpc) is 3.35. The molecule has 4 rings (SSSR count). The molecule has 8 nitrogen and oxygen atoms in total. The summed E-state index contributed by atoms with van der Waals surface area (Å²) in [7, 11) is 0. The summed E-state index contributed by atoms with van der Waals surface area (Å²) in [6, 6.07) is 10.2. The average molecular weight is 502 g/mol. The molecule has 0 bridgehead atoms. The molecule has 11 heteroatoms. The number of rotatable bonds is 6. The number of halogens is 2. The highest BCUT2D eigenvalue weighted by molar-refractivity contribution is 8.18. The number of amides is 2. The summed E-state index contributed by atoms with van der Waals surface area (Å²) in [6.07, 6.45) is 1.35. The molecule has 0 radical (unpaired) electrons. The van der Waals surface area contributed by atoms with E-state index in [1.54, 1.807) is 0 Å². The van der Waals surface area contributed by atoms with E-state index in [1.807, 2.05) is 0 Å². The van der Waals surface area contributed by atoms with Crippen LogP contribution in [0, 0.1) is 5.82 Å². The van der Waals surface area contributed by atoms with E-state index < -0.39 is 28.9 Å². The highest BCUT2D eigenvalue weighted by Gasteiger charge is 2.35. The molecule has 0 unspecified atom stereocenters. The van der Waals surface area contributed by atoms with Gasteiger partial charge in [-0.2, -0.15) is 0 Å². The highest BCUT2D eigenvalue weighted by atomic mass is 35.5. The molecule has 1 aromatic heterocycles. The van der Waals surface area contributed by atoms with Gasteiger partial charge in [0, 0.05) is 16.7 Å². The summed E-state index contributed by atoms with van der Waals surface area (Å²) in [4.78, 5) is 48.8. The maximum absolute atomic E-state index is 13.3. The second-order valence-corrected chi connectivity index (χ2v) is 8.52. The molecule has 0 aliphatic carbocycles. The lowest BCUT2D eigenvalue weighted by molar-refractivity contribution is -0.123. The van der Waals surface area contributed by atoms with E-state index in [2.05, 4.69) is 0 Å². The number of benzene rings is 2. The third-order valence-electron chi connectivity index (χ3n) is 4.83. The minimum absolute atomic E-state index is 0.0784. The van der Waals surface area contributed by atoms with Gasteiger partial charge >= 0.3 is 11.9 Å². The van der Waals surface area contributed by atoms with Crippen molar-refractivity contribution in [1.29, 1.82) is 0 Å². The van der Waals surface area contributed by atoms with Crippen molar-refractivity contribution in [3.05, 3.63) is 86.7 Å². The maximum Gasteiger partial charge on any atom is 0.335 e. The lowest BCUT2D eigenvalue weighted by Crippen LogP contribution is -2.27. The van der Waals surface area contributed by atoms with E-state index >= 15 is 0 Å². The summed E-state index contributed by atoms with van der Waals surface area (Å²) in [5.41, 5.74) is 0.164. The van der Waals surface area contributed by atoms with Crippen LogP contribution in [0.3, 0.4) is 0 Å². The standard InChI is InChI=1S/C23H13ClFNO7S/c24-17-8-15(25)2-1-11(17)10-26-20(27)19(34-23(26)32)9-16-3-4-18(33-16)12-5-13(21(28)29)7-14(6-12)22(30)31/h1-9H,10H2,(H,28,29)(H,30,31)/b19-9-. The van der Waals surface area contributed by atoms with Gasteiger partial charge in [-0.15, -0.1) is 0 Å². The molecule has 0 saturated carbocycles. The summed E-state index contributed by atoms with van der Waals surface area (Å²) < 4.78 is 18.9. The lowest BCUT2D eigenvalue weighted by Gasteiger charge is -2.13. The quantitative estimate of drug-likeness (QED) is 0.432. The minimum Gasteiger partial charge on any atom is -0.478 e. The topological polar surface area (TPSA) is 125 Å². The number of carboxylic acid groups (broad SMARTS) is 2. The third kappa shape index (κ3) is 4.73. The molecular weight excluding hydrogens is 489 g/mol. The molecule has 172 valence electrons. The van der Waals surface area contributed by atoms with Crippen LogP contribution in [0.15, 0.2) is 57.9 Å². The number of imide groups is 1. The van der Waals surface area contributed by atoms with Crippen molar-refractivity contribution in [2.75, 3.05) is 0 Å². The number of aromatic carboxylic acids is 2. The number of furan rings is 1. The molecule has 3 aromatic rings. The maximum atomic E-state index is 13.3. The van der Waals surface area contributed by atoms with Crippen LogP contribution in [0.5, 0.6) is 0 Å². The fourth-order valence-corrected chi connectivity index (χ4v) is 4.23. The summed E-state index contributed by atoms with van der Waals surface area (Å²) in [6.45, 7) is -0.134. The fourth-order valence-electron chi connectivity index (χ4n) is 3.19. The van der Waals surface area contributed by atoms with Crippen molar-refractivity contribution < 1.29 is 38.2 Å². The molecule has 2 heterocycles. The number of hydrogen-bond acceptors (Lipinski definition) is 6. The fraction of sp³-hybridized carbons (Fsp3) is 0.0435. The predicted octanol–water partition coefficient (Wildman–Crippen LogP) is 5.37. The summed E-state index contributed by atoms with van der Waals surface area (Å²) in [5, 5.41) is 18.0. The van der Waals surface area contributed by atoms with Gasteiger partial charge in [0.15, 0.2) is 0 Å². The monoisotopic (exact) mass is 501 g/mol. The van der Waals surface area contributed by atoms with E-state index in [1.165, 1.54) is 42.5 Å². The Morgan fingerprint density at radius 3 is 2.32 bits per heavy atom. The van der Waals surface area contributed by atoms with E-state index in [0.717, 1.165) is 17.0 Å². The number of thioether (sulfide) groups is 1. The van der Waals surface area contributed by atoms with Crippen molar-refractivity contribution in [2.24, 2.45) is 0 Å². The number of hydrogen-bond donors (Lipinski definition) is 2. The predicted molar refractivity (Wildman–Crippen MR) is 121 cm³/mol. The van der Waals surface area contributed by atoms with Gasteiger partial charge in [0.2, 0.25) is 0 Å². The molecule has 1 fully saturated rings. The SMILES string of the molecule is O=C(O)c1cc(C(=O)O)cc(-c2ccc(/C=C3\SC(=O)N(Cc4ccc(F)cc4Cl)C3=O)o2)c1. The van der Waals surface area contributed by atoms with Gasteiger partial charge in [0.05, 0.1) is 22.6 Å². The zero-order valence-electron chi connectivity index (χ0n) is 17.0. The van der Waals surface area contributed by atoms with Gasteiger partial charge in [-0.1, -0.05) is 17.7 Å². The van der Waals surface area contributed by atoms with Gasteiger partial charge in [0.1, 0.15) is 17.3 Å². The van der Waals surface area contributed by atoms with E-state index in [9.17, 15) is 33.8 Å². The smallest absolute Gasteiger partial charge is 0.335 e. The number of carbonyl (C=O) groups is 4. The molecule has 2 N–H and O–H groups in total. The lowest BCUT2D eigenvalue weighted by atomic mass is 10.0. The normalized spacial score (nSPS) is 14.8. The van der Waals surface area contributed by atoms with Crippen LogP contribution in [0.1, 0.15) is 32.0 Å². The summed E-state index contributed by atoms with van der Waals surface area (Å²) >= 11 is 6.68. The van der Waals surface area contributed by atoms with Crippen LogP contribution < -0.4 is 0 Å². The van der Waals surface area contributed by atoms with Crippen LogP contribution in [0.25, 0.3) is 17.4 Å². The Kier molecular flexibility index (Phi) is 6.27. The first-order valence-corrected chi connectivity index (χ1v) is 10.7. The molecule has 1 saturated heterocycles. The van der Waals surface area contributed by atoms with Crippen LogP contribution in [-0.2, 0) is 11.3 Å². The zero-order valence-corrected chi connectivity index (χ0v) is 18.5. The van der Waals surface area contributed by atoms with Crippen molar-refractivity contribution in [3.8, 4) is 11.3 Å². The van der Waals surface area contributed by atoms with E-state index in [0.29, 0.717) is 17.3 Å². The van der Waals surface area contributed by atoms with Gasteiger partial charge < -0.3 is 14.6 Å². The molecule has 0 atom stereocenters. The second-order valence-electron chi connectivity index (χ2n) is 7.11. The van der Waals surface area contributed by atoms with Crippen LogP contribution >= 0.6 is 23.4 Å². The van der Waals surface area contributed by atoms with Crippen molar-refractivity contribution in [2.45, 2.75) is 6.54 Å². The largest absolute Gasteiger partial charge is 0.478 e. The Hall–Kier alpha value is -3.89. The molecular formula is C23H13ClFNO7S. The van der Waals surface area contributed by atoms with Gasteiger partial charge in [0.25, 0.3) is 11.1 Å². The van der Waals surface area contributed by atoms with Crippen LogP contribution in [0.4, 0.5) is 9.18 Å². The first-order valence-electron chi connectivity index (χ1n) is 9.53. The molecule has 1 aliphatic rings. The highest BCUT2D eigenvalue weighted by Crippen LogP contribution is 2.35. The van der Waals surface area contributed by atoms with Crippen LogP contribution in [-0.4, -0.2) is 38.2 Å². The molecule has 2 aromatic carbocycles. The minimum atomic E-state index is -1.30. The van der Waals surface area contributed by atoms with Crippen molar-refractivity contribution >= 4 is 52.5 Å². The molecule has 0 spiro atoms. The number of nitrogens with zero attached hydrogens (tertiary/aromatic N) is 1. The van der Waals surface area contributed by atoms with Gasteiger partial charge in [-0.25, -0.2) is 14.0 Å². The third-order valence-corrected chi connectivity index (χ3v) is 6.09.